The number of hydrogen-bond acceptors (Lipinski definition) is 5. The van der Waals surface area contributed by atoms with Crippen molar-refractivity contribution >= 4 is 6.21 Å². The van der Waals surface area contributed by atoms with Crippen LogP contribution in [-0.4, -0.2) is 36.0 Å². The first kappa shape index (κ1) is 24.4. The lowest BCUT2D eigenvalue weighted by molar-refractivity contribution is 0.0614. The second-order valence-electron chi connectivity index (χ2n) is 11.5. The molecule has 2 aliphatic rings. The number of allylic oxidation sites excluding steroid dienone is 1. The summed E-state index contributed by atoms with van der Waals surface area (Å²) in [5.74, 6) is 1.15. The number of nitrogens with zero attached hydrogens (tertiary/aromatic N) is 6. The zero-order chi connectivity index (χ0) is 25.3. The minimum Gasteiger partial charge on any atom is -0.296 e. The van der Waals surface area contributed by atoms with E-state index in [1.165, 1.54) is 6.42 Å². The third-order valence-corrected chi connectivity index (χ3v) is 8.12. The number of aliphatic imine (C=N–C) groups is 1. The van der Waals surface area contributed by atoms with Crippen LogP contribution in [0.25, 0.3) is 11.4 Å². The van der Waals surface area contributed by atoms with E-state index in [2.05, 4.69) is 82.3 Å². The highest BCUT2D eigenvalue weighted by Crippen LogP contribution is 2.48. The molecule has 2 aromatic heterocycles. The Kier molecular flexibility index (Phi) is 6.53. The molecule has 0 amide bonds. The molecule has 1 aromatic carbocycles. The van der Waals surface area contributed by atoms with E-state index in [9.17, 15) is 4.79 Å². The van der Waals surface area contributed by atoms with Crippen LogP contribution in [0.5, 0.6) is 0 Å². The van der Waals surface area contributed by atoms with Crippen molar-refractivity contribution in [3.8, 4) is 11.4 Å². The predicted molar refractivity (Wildman–Crippen MR) is 142 cm³/mol. The highest BCUT2D eigenvalue weighted by atomic mass is 16.1. The monoisotopic (exact) mass is 487 g/mol. The summed E-state index contributed by atoms with van der Waals surface area (Å²) in [7, 11) is 0. The highest BCUT2D eigenvalue weighted by molar-refractivity contribution is 5.65. The van der Waals surface area contributed by atoms with E-state index in [-0.39, 0.29) is 22.6 Å². The summed E-state index contributed by atoms with van der Waals surface area (Å²) in [6.07, 6.45) is 14.2. The van der Waals surface area contributed by atoms with Gasteiger partial charge in [0.15, 0.2) is 5.82 Å². The van der Waals surface area contributed by atoms with Gasteiger partial charge in [-0.05, 0) is 65.5 Å². The van der Waals surface area contributed by atoms with Crippen molar-refractivity contribution in [2.45, 2.75) is 84.2 Å². The number of rotatable bonds is 8. The largest absolute Gasteiger partial charge is 0.328 e. The van der Waals surface area contributed by atoms with Gasteiger partial charge in [0.2, 0.25) is 0 Å². The molecule has 3 atom stereocenters. The molecule has 5 rings (SSSR count). The Hall–Kier alpha value is -3.29. The van der Waals surface area contributed by atoms with E-state index >= 15 is 0 Å². The molecule has 8 heteroatoms. The summed E-state index contributed by atoms with van der Waals surface area (Å²) in [5.41, 5.74) is 3.10. The zero-order valence-electron chi connectivity index (χ0n) is 21.8. The maximum Gasteiger partial charge on any atom is 0.328 e. The summed E-state index contributed by atoms with van der Waals surface area (Å²) in [4.78, 5) is 18.4. The number of unbranched alkanes of at least 4 members (excludes halogenated alkanes) is 1. The Morgan fingerprint density at radius 1 is 1.22 bits per heavy atom. The third-order valence-electron chi connectivity index (χ3n) is 8.12. The fourth-order valence-corrected chi connectivity index (χ4v) is 5.83. The van der Waals surface area contributed by atoms with Gasteiger partial charge in [-0.15, -0.1) is 5.10 Å². The lowest BCUT2D eigenvalue weighted by atomic mass is 9.65. The van der Waals surface area contributed by atoms with Crippen LogP contribution in [0, 0.1) is 11.3 Å². The van der Waals surface area contributed by atoms with Gasteiger partial charge in [-0.3, -0.25) is 14.1 Å². The van der Waals surface area contributed by atoms with Gasteiger partial charge in [-0.2, -0.15) is 0 Å². The van der Waals surface area contributed by atoms with Gasteiger partial charge < -0.3 is 0 Å². The Labute approximate surface area is 212 Å². The first-order valence-electron chi connectivity index (χ1n) is 13.2. The normalized spacial score (nSPS) is 23.7. The number of hydrogen-bond donors (Lipinski definition) is 1. The van der Waals surface area contributed by atoms with E-state index in [1.807, 2.05) is 29.1 Å². The number of aromatic amines is 1. The molecule has 0 radical (unpaired) electrons. The molecule has 1 saturated carbocycles. The van der Waals surface area contributed by atoms with Gasteiger partial charge >= 0.3 is 5.69 Å². The SMILES string of the molecule is CCCCc1cn(C2CCC2C(C)(C)C)c(=O)n1CC1(c2cccc(-c3nnn[nH]3)c2)C=CN=CC1. The number of aryl methyl sites for hydroxylation is 1. The number of imidazole rings is 1. The van der Waals surface area contributed by atoms with Crippen molar-refractivity contribution in [3.05, 3.63) is 64.5 Å². The average molecular weight is 488 g/mol. The number of aromatic nitrogens is 6. The predicted octanol–water partition coefficient (Wildman–Crippen LogP) is 5.10. The van der Waals surface area contributed by atoms with Crippen molar-refractivity contribution in [2.75, 3.05) is 0 Å². The maximum atomic E-state index is 14.0. The van der Waals surface area contributed by atoms with Crippen molar-refractivity contribution in [2.24, 2.45) is 16.3 Å². The number of tetrazole rings is 1. The van der Waals surface area contributed by atoms with Gasteiger partial charge in [-0.1, -0.05) is 58.4 Å². The Bertz CT molecular complexity index is 1310. The summed E-state index contributed by atoms with van der Waals surface area (Å²) in [6, 6.07) is 8.56. The molecular formula is C28H37N7O. The van der Waals surface area contributed by atoms with Crippen LogP contribution in [0.1, 0.15) is 77.1 Å². The summed E-state index contributed by atoms with van der Waals surface area (Å²) in [5, 5.41) is 14.4. The van der Waals surface area contributed by atoms with Crippen molar-refractivity contribution < 1.29 is 0 Å². The smallest absolute Gasteiger partial charge is 0.296 e. The molecule has 1 fully saturated rings. The summed E-state index contributed by atoms with van der Waals surface area (Å²) < 4.78 is 4.09. The molecule has 0 spiro atoms. The van der Waals surface area contributed by atoms with Gasteiger partial charge in [0.1, 0.15) is 0 Å². The van der Waals surface area contributed by atoms with E-state index in [0.29, 0.717) is 18.3 Å². The van der Waals surface area contributed by atoms with Gasteiger partial charge in [-0.25, -0.2) is 9.89 Å². The lowest BCUT2D eigenvalue weighted by Crippen LogP contribution is -2.43. The maximum absolute atomic E-state index is 14.0. The first-order valence-corrected chi connectivity index (χ1v) is 13.2. The highest BCUT2D eigenvalue weighted by Gasteiger charge is 2.42. The third kappa shape index (κ3) is 4.49. The van der Waals surface area contributed by atoms with Gasteiger partial charge in [0.05, 0.1) is 0 Å². The molecule has 190 valence electrons. The van der Waals surface area contributed by atoms with Crippen LogP contribution in [0.4, 0.5) is 0 Å². The number of nitrogens with one attached hydrogen (secondary N) is 1. The molecular weight excluding hydrogens is 450 g/mol. The Morgan fingerprint density at radius 2 is 2.08 bits per heavy atom. The molecule has 0 bridgehead atoms. The topological polar surface area (TPSA) is 93.7 Å². The molecule has 1 N–H and O–H groups in total. The number of H-pyrrole nitrogens is 1. The summed E-state index contributed by atoms with van der Waals surface area (Å²) in [6.45, 7) is 9.66. The second-order valence-corrected chi connectivity index (χ2v) is 11.5. The minimum atomic E-state index is -0.384. The second kappa shape index (κ2) is 9.64. The van der Waals surface area contributed by atoms with E-state index in [0.717, 1.165) is 48.9 Å². The van der Waals surface area contributed by atoms with Crippen LogP contribution < -0.4 is 5.69 Å². The molecule has 1 aliphatic carbocycles. The van der Waals surface area contributed by atoms with Crippen LogP contribution in [0.3, 0.4) is 0 Å². The zero-order valence-corrected chi connectivity index (χ0v) is 21.8. The fourth-order valence-electron chi connectivity index (χ4n) is 5.83. The molecule has 0 saturated heterocycles. The van der Waals surface area contributed by atoms with Crippen LogP contribution in [-0.2, 0) is 18.4 Å². The molecule has 8 nitrogen and oxygen atoms in total. The Morgan fingerprint density at radius 3 is 2.72 bits per heavy atom. The van der Waals surface area contributed by atoms with Crippen LogP contribution in [0.15, 0.2) is 52.5 Å². The van der Waals surface area contributed by atoms with Gasteiger partial charge in [0, 0.05) is 47.9 Å². The number of benzene rings is 1. The van der Waals surface area contributed by atoms with Crippen molar-refractivity contribution in [3.63, 3.8) is 0 Å². The van der Waals surface area contributed by atoms with E-state index in [4.69, 9.17) is 0 Å². The van der Waals surface area contributed by atoms with Crippen molar-refractivity contribution in [1.82, 2.24) is 29.8 Å². The lowest BCUT2D eigenvalue weighted by Gasteiger charge is -2.45. The Balaban J connectivity index is 1.56. The van der Waals surface area contributed by atoms with Crippen LogP contribution >= 0.6 is 0 Å². The van der Waals surface area contributed by atoms with E-state index in [1.54, 1.807) is 0 Å². The van der Waals surface area contributed by atoms with Crippen molar-refractivity contribution in [1.29, 1.82) is 0 Å². The molecule has 1 aliphatic heterocycles. The summed E-state index contributed by atoms with van der Waals surface area (Å²) >= 11 is 0. The molecule has 3 aromatic rings. The average Bonchev–Trinajstić information content (AvgIpc) is 3.47. The van der Waals surface area contributed by atoms with E-state index < -0.39 is 0 Å². The molecule has 3 heterocycles. The molecule has 36 heavy (non-hydrogen) atoms. The fraction of sp³-hybridized carbons (Fsp3) is 0.536. The standard InChI is InChI=1S/C28H37N7O/c1-5-6-10-22-18-34(24-12-11-23(24)27(2,3)4)26(36)35(22)19-28(13-15-29-16-14-28)21-9-7-8-20(17-21)25-30-32-33-31-25/h7-9,13,15-18,23-24H,5-6,10-12,14,19H2,1-4H3,(H,30,31,32,33). The van der Waals surface area contributed by atoms with Gasteiger partial charge in [0.25, 0.3) is 0 Å². The van der Waals surface area contributed by atoms with Crippen LogP contribution in [0.2, 0.25) is 0 Å². The first-order chi connectivity index (χ1) is 17.3. The minimum absolute atomic E-state index is 0.117. The molecule has 3 unspecified atom stereocenters. The quantitative estimate of drug-likeness (QED) is 0.478.